The van der Waals surface area contributed by atoms with Crippen LogP contribution in [0.3, 0.4) is 0 Å². The van der Waals surface area contributed by atoms with Crippen LogP contribution in [0.1, 0.15) is 25.0 Å². The summed E-state index contributed by atoms with van der Waals surface area (Å²) in [5.74, 6) is -2.00. The number of rotatable bonds is 5. The molecule has 3 aromatic rings. The Labute approximate surface area is 212 Å². The van der Waals surface area contributed by atoms with Crippen molar-refractivity contribution in [1.29, 1.82) is 0 Å². The largest absolute Gasteiger partial charge is 0.416 e. The molecule has 9 heteroatoms. The number of hydrogen-bond acceptors (Lipinski definition) is 3. The van der Waals surface area contributed by atoms with Crippen molar-refractivity contribution in [2.75, 3.05) is 11.9 Å². The van der Waals surface area contributed by atoms with E-state index in [4.69, 9.17) is 0 Å². The molecule has 2 atom stereocenters. The molecule has 1 heterocycles. The lowest BCUT2D eigenvalue weighted by atomic mass is 9.76. The number of alkyl halides is 3. The fourth-order valence-electron chi connectivity index (χ4n) is 4.63. The number of nitrogens with one attached hydrogen (secondary N) is 2. The lowest BCUT2D eigenvalue weighted by Gasteiger charge is -2.43. The van der Waals surface area contributed by atoms with Crippen molar-refractivity contribution in [2.45, 2.75) is 32.6 Å². The van der Waals surface area contributed by atoms with Gasteiger partial charge in [0.05, 0.1) is 17.0 Å². The minimum absolute atomic E-state index is 0.0603. The minimum atomic E-state index is -4.63. The van der Waals surface area contributed by atoms with Gasteiger partial charge in [0, 0.05) is 19.3 Å². The molecule has 0 aliphatic carbocycles. The normalized spacial score (nSPS) is 19.9. The van der Waals surface area contributed by atoms with E-state index >= 15 is 0 Å². The van der Waals surface area contributed by atoms with Gasteiger partial charge in [0.25, 0.3) is 11.8 Å². The van der Waals surface area contributed by atoms with E-state index < -0.39 is 40.9 Å². The van der Waals surface area contributed by atoms with Crippen LogP contribution < -0.4 is 15.5 Å². The molecule has 0 spiro atoms. The van der Waals surface area contributed by atoms with Crippen LogP contribution in [-0.2, 0) is 27.1 Å². The number of benzene rings is 3. The van der Waals surface area contributed by atoms with Crippen LogP contribution in [0.4, 0.5) is 18.9 Å². The van der Waals surface area contributed by atoms with Gasteiger partial charge in [0.2, 0.25) is 5.91 Å². The molecule has 0 bridgehead atoms. The number of carbonyl (C=O) groups is 3. The zero-order valence-electron chi connectivity index (χ0n) is 20.5. The molecule has 0 fully saturated rings. The highest BCUT2D eigenvalue weighted by Crippen LogP contribution is 2.39. The highest BCUT2D eigenvalue weighted by atomic mass is 19.4. The molecule has 6 nitrogen and oxygen atoms in total. The lowest BCUT2D eigenvalue weighted by molar-refractivity contribution is -0.138. The van der Waals surface area contributed by atoms with E-state index in [0.717, 1.165) is 33.4 Å². The van der Waals surface area contributed by atoms with E-state index in [1.54, 1.807) is 13.8 Å². The molecule has 2 N–H and O–H groups in total. The maximum atomic E-state index is 13.5. The first-order valence-electron chi connectivity index (χ1n) is 11.7. The van der Waals surface area contributed by atoms with Gasteiger partial charge in [0.15, 0.2) is 0 Å². The molecule has 3 amide bonds. The Morgan fingerprint density at radius 3 is 2.41 bits per heavy atom. The Bertz CT molecular complexity index is 1410. The molecule has 1 aliphatic rings. The van der Waals surface area contributed by atoms with Gasteiger partial charge in [-0.25, -0.2) is 0 Å². The maximum Gasteiger partial charge on any atom is 0.416 e. The second-order valence-electron chi connectivity index (χ2n) is 9.14. The van der Waals surface area contributed by atoms with Crippen molar-refractivity contribution >= 4 is 34.2 Å². The summed E-state index contributed by atoms with van der Waals surface area (Å²) in [4.78, 5) is 40.8. The third-order valence-electron chi connectivity index (χ3n) is 6.88. The third kappa shape index (κ3) is 4.81. The van der Waals surface area contributed by atoms with Crippen LogP contribution in [0.2, 0.25) is 0 Å². The van der Waals surface area contributed by atoms with Crippen LogP contribution in [0, 0.1) is 5.41 Å². The van der Waals surface area contributed by atoms with Crippen molar-refractivity contribution in [2.24, 2.45) is 5.41 Å². The van der Waals surface area contributed by atoms with Crippen LogP contribution in [-0.4, -0.2) is 30.8 Å². The Balaban J connectivity index is 1.71. The lowest BCUT2D eigenvalue weighted by Crippen LogP contribution is -2.58. The van der Waals surface area contributed by atoms with E-state index in [2.05, 4.69) is 10.6 Å². The van der Waals surface area contributed by atoms with Crippen molar-refractivity contribution in [3.8, 4) is 0 Å². The SMILES string of the molecule is CNC(=O)C1(C)C=C(C(=O)NCc2cccc3ccccc23)C(=O)N(c2cccc(C(F)(F)F)c2)C1C. The highest BCUT2D eigenvalue weighted by molar-refractivity contribution is 6.25. The molecule has 2 unspecified atom stereocenters. The first kappa shape index (κ1) is 25.9. The smallest absolute Gasteiger partial charge is 0.358 e. The van der Waals surface area contributed by atoms with Gasteiger partial charge in [-0.3, -0.25) is 14.4 Å². The van der Waals surface area contributed by atoms with Crippen molar-refractivity contribution in [1.82, 2.24) is 10.6 Å². The molecule has 192 valence electrons. The summed E-state index contributed by atoms with van der Waals surface area (Å²) < 4.78 is 40.2. The molecule has 0 aromatic heterocycles. The number of fused-ring (bicyclic) bond motifs is 1. The average molecular weight is 510 g/mol. The van der Waals surface area contributed by atoms with Gasteiger partial charge in [-0.05, 0) is 54.5 Å². The van der Waals surface area contributed by atoms with E-state index in [1.807, 2.05) is 42.5 Å². The van der Waals surface area contributed by atoms with E-state index in [9.17, 15) is 27.6 Å². The Hall–Kier alpha value is -4.14. The Kier molecular flexibility index (Phi) is 6.82. The molecule has 0 radical (unpaired) electrons. The molecular formula is C28H26F3N3O3. The summed E-state index contributed by atoms with van der Waals surface area (Å²) in [6.07, 6.45) is -3.32. The predicted molar refractivity (Wildman–Crippen MR) is 134 cm³/mol. The second kappa shape index (κ2) is 9.72. The summed E-state index contributed by atoms with van der Waals surface area (Å²) >= 11 is 0. The zero-order chi connectivity index (χ0) is 27.0. The number of hydrogen-bond donors (Lipinski definition) is 2. The topological polar surface area (TPSA) is 78.5 Å². The molecule has 37 heavy (non-hydrogen) atoms. The van der Waals surface area contributed by atoms with Crippen LogP contribution in [0.5, 0.6) is 0 Å². The Morgan fingerprint density at radius 2 is 1.70 bits per heavy atom. The van der Waals surface area contributed by atoms with Crippen molar-refractivity contribution in [3.05, 3.63) is 89.5 Å². The number of carbonyl (C=O) groups excluding carboxylic acids is 3. The molecule has 1 aliphatic heterocycles. The van der Waals surface area contributed by atoms with Crippen molar-refractivity contribution < 1.29 is 27.6 Å². The molecule has 0 saturated heterocycles. The van der Waals surface area contributed by atoms with Gasteiger partial charge >= 0.3 is 6.18 Å². The van der Waals surface area contributed by atoms with Gasteiger partial charge in [-0.1, -0.05) is 48.5 Å². The minimum Gasteiger partial charge on any atom is -0.358 e. The summed E-state index contributed by atoms with van der Waals surface area (Å²) in [6.45, 7) is 3.22. The third-order valence-corrected chi connectivity index (χ3v) is 6.88. The molecule has 3 aromatic carbocycles. The maximum absolute atomic E-state index is 13.5. The standard InChI is InChI=1S/C28H26F3N3O3/c1-17-27(2,26(37)32-3)15-23(25(36)34(17)21-12-7-11-20(14-21)28(29,30)31)24(35)33-16-19-10-6-9-18-8-4-5-13-22(18)19/h4-15,17H,16H2,1-3H3,(H,32,37)(H,33,35). The number of amides is 3. The second-order valence-corrected chi connectivity index (χ2v) is 9.14. The Morgan fingerprint density at radius 1 is 1.03 bits per heavy atom. The van der Waals surface area contributed by atoms with Gasteiger partial charge in [-0.15, -0.1) is 0 Å². The van der Waals surface area contributed by atoms with E-state index in [1.165, 1.54) is 25.3 Å². The number of anilines is 1. The van der Waals surface area contributed by atoms with Gasteiger partial charge < -0.3 is 15.5 Å². The first-order chi connectivity index (χ1) is 17.5. The van der Waals surface area contributed by atoms with Crippen LogP contribution in [0.25, 0.3) is 10.8 Å². The van der Waals surface area contributed by atoms with Crippen LogP contribution in [0.15, 0.2) is 78.4 Å². The first-order valence-corrected chi connectivity index (χ1v) is 11.7. The number of halogens is 3. The predicted octanol–water partition coefficient (Wildman–Crippen LogP) is 4.59. The summed E-state index contributed by atoms with van der Waals surface area (Å²) in [7, 11) is 1.42. The van der Waals surface area contributed by atoms with E-state index in [0.29, 0.717) is 0 Å². The molecule has 4 rings (SSSR count). The summed E-state index contributed by atoms with van der Waals surface area (Å²) in [6, 6.07) is 16.7. The van der Waals surface area contributed by atoms with E-state index in [-0.39, 0.29) is 17.8 Å². The zero-order valence-corrected chi connectivity index (χ0v) is 20.5. The van der Waals surface area contributed by atoms with Gasteiger partial charge in [0.1, 0.15) is 5.57 Å². The average Bonchev–Trinajstić information content (AvgIpc) is 2.88. The van der Waals surface area contributed by atoms with Gasteiger partial charge in [-0.2, -0.15) is 13.2 Å². The van der Waals surface area contributed by atoms with Crippen LogP contribution >= 0.6 is 0 Å². The summed E-state index contributed by atoms with van der Waals surface area (Å²) in [5.41, 5.74) is -1.88. The fourth-order valence-corrected chi connectivity index (χ4v) is 4.63. The van der Waals surface area contributed by atoms with Crippen molar-refractivity contribution in [3.63, 3.8) is 0 Å². The molecular weight excluding hydrogens is 483 g/mol. The molecule has 0 saturated carbocycles. The monoisotopic (exact) mass is 509 g/mol. The highest BCUT2D eigenvalue weighted by Gasteiger charge is 2.48. The number of nitrogens with zero attached hydrogens (tertiary/aromatic N) is 1. The quantitative estimate of drug-likeness (QED) is 0.494. The fraction of sp³-hybridized carbons (Fsp3) is 0.250. The summed E-state index contributed by atoms with van der Waals surface area (Å²) in [5, 5.41) is 7.19.